The smallest absolute Gasteiger partial charge is 0.227 e. The summed E-state index contributed by atoms with van der Waals surface area (Å²) in [6.07, 6.45) is 1.95. The van der Waals surface area contributed by atoms with E-state index in [4.69, 9.17) is 0 Å². The Morgan fingerprint density at radius 1 is 1.12 bits per heavy atom. The third-order valence-corrected chi connectivity index (χ3v) is 7.96. The van der Waals surface area contributed by atoms with Gasteiger partial charge in [0.1, 0.15) is 0 Å². The molecule has 2 fully saturated rings. The Labute approximate surface area is 154 Å². The van der Waals surface area contributed by atoms with Crippen molar-refractivity contribution in [2.24, 2.45) is 0 Å². The number of carbonyl (C=O) groups is 1. The van der Waals surface area contributed by atoms with Gasteiger partial charge in [0.15, 0.2) is 0 Å². The molecule has 1 aromatic rings. The number of hydrogen-bond acceptors (Lipinski definition) is 4. The largest absolute Gasteiger partial charge is 0.340 e. The molecule has 1 saturated heterocycles. The number of hydrogen-bond donors (Lipinski definition) is 0. The summed E-state index contributed by atoms with van der Waals surface area (Å²) in [5.41, 5.74) is 1.01. The van der Waals surface area contributed by atoms with Crippen molar-refractivity contribution in [2.75, 3.05) is 26.2 Å². The van der Waals surface area contributed by atoms with Crippen LogP contribution >= 0.6 is 11.8 Å². The molecular formula is C18H26N2O3S2. The van der Waals surface area contributed by atoms with Crippen LogP contribution in [0.1, 0.15) is 32.3 Å². The molecule has 1 aliphatic carbocycles. The van der Waals surface area contributed by atoms with Crippen molar-refractivity contribution in [2.45, 2.75) is 48.5 Å². The fourth-order valence-corrected chi connectivity index (χ4v) is 5.68. The summed E-state index contributed by atoms with van der Waals surface area (Å²) in [5.74, 6) is 0.0766. The van der Waals surface area contributed by atoms with Crippen molar-refractivity contribution in [3.8, 4) is 0 Å². The van der Waals surface area contributed by atoms with Gasteiger partial charge in [0.05, 0.1) is 11.7 Å². The Morgan fingerprint density at radius 2 is 1.72 bits per heavy atom. The van der Waals surface area contributed by atoms with E-state index < -0.39 is 10.0 Å². The third kappa shape index (κ3) is 4.77. The highest BCUT2D eigenvalue weighted by Crippen LogP contribution is 2.31. The number of thioether (sulfide) groups is 1. The van der Waals surface area contributed by atoms with E-state index in [9.17, 15) is 13.2 Å². The molecule has 0 bridgehead atoms. The molecule has 0 atom stereocenters. The molecule has 1 saturated carbocycles. The van der Waals surface area contributed by atoms with Crippen molar-refractivity contribution in [3.63, 3.8) is 0 Å². The van der Waals surface area contributed by atoms with Crippen LogP contribution in [0.15, 0.2) is 29.2 Å². The van der Waals surface area contributed by atoms with Gasteiger partial charge in [0, 0.05) is 36.3 Å². The third-order valence-electron chi connectivity index (χ3n) is 4.55. The molecule has 0 N–H and O–H groups in total. The van der Waals surface area contributed by atoms with Gasteiger partial charge in [-0.1, -0.05) is 26.0 Å². The average Bonchev–Trinajstić information content (AvgIpc) is 3.42. The first-order valence-corrected chi connectivity index (χ1v) is 11.3. The number of sulfonamides is 1. The van der Waals surface area contributed by atoms with Crippen molar-refractivity contribution < 1.29 is 13.2 Å². The van der Waals surface area contributed by atoms with Crippen molar-refractivity contribution in [1.82, 2.24) is 9.21 Å². The highest BCUT2D eigenvalue weighted by molar-refractivity contribution is 7.99. The van der Waals surface area contributed by atoms with E-state index >= 15 is 0 Å². The van der Waals surface area contributed by atoms with Crippen LogP contribution in [0, 0.1) is 0 Å². The number of rotatable bonds is 6. The maximum Gasteiger partial charge on any atom is 0.227 e. The molecule has 3 rings (SSSR count). The summed E-state index contributed by atoms with van der Waals surface area (Å²) in [5, 5.41) is 0.368. The van der Waals surface area contributed by atoms with Gasteiger partial charge in [-0.05, 0) is 30.5 Å². The zero-order valence-corrected chi connectivity index (χ0v) is 16.5. The molecule has 0 unspecified atom stereocenters. The van der Waals surface area contributed by atoms with Crippen LogP contribution in [-0.4, -0.2) is 60.2 Å². The Morgan fingerprint density at radius 3 is 2.24 bits per heavy atom. The fraction of sp³-hybridized carbons (Fsp3) is 0.611. The van der Waals surface area contributed by atoms with Crippen LogP contribution in [0.2, 0.25) is 0 Å². The minimum absolute atomic E-state index is 0.0766. The lowest BCUT2D eigenvalue weighted by Gasteiger charge is -2.34. The second-order valence-electron chi connectivity index (χ2n) is 7.01. The Hall–Kier alpha value is -1.05. The number of benzene rings is 1. The highest BCUT2D eigenvalue weighted by atomic mass is 32.2. The van der Waals surface area contributed by atoms with Crippen LogP contribution in [0.3, 0.4) is 0 Å². The number of amides is 1. The first kappa shape index (κ1) is 18.7. The summed E-state index contributed by atoms with van der Waals surface area (Å²) in [6, 6.07) is 8.15. The molecule has 2 aliphatic rings. The van der Waals surface area contributed by atoms with Crippen molar-refractivity contribution in [1.29, 1.82) is 0 Å². The first-order chi connectivity index (χ1) is 11.9. The van der Waals surface area contributed by atoms with Crippen molar-refractivity contribution >= 4 is 27.7 Å². The molecule has 25 heavy (non-hydrogen) atoms. The number of carbonyl (C=O) groups excluding carboxylic acids is 1. The predicted octanol–water partition coefficient (Wildman–Crippen LogP) is 2.37. The van der Waals surface area contributed by atoms with Gasteiger partial charge in [-0.15, -0.1) is 11.8 Å². The topological polar surface area (TPSA) is 57.7 Å². The molecular weight excluding hydrogens is 356 g/mol. The van der Waals surface area contributed by atoms with Gasteiger partial charge >= 0.3 is 0 Å². The van der Waals surface area contributed by atoms with Crippen LogP contribution in [-0.2, 0) is 21.2 Å². The lowest BCUT2D eigenvalue weighted by molar-refractivity contribution is -0.131. The van der Waals surface area contributed by atoms with Crippen LogP contribution in [0.5, 0.6) is 0 Å². The highest BCUT2D eigenvalue weighted by Gasteiger charge is 2.41. The number of piperazine rings is 1. The Kier molecular flexibility index (Phi) is 5.75. The van der Waals surface area contributed by atoms with E-state index in [2.05, 4.69) is 26.0 Å². The van der Waals surface area contributed by atoms with E-state index in [1.54, 1.807) is 21.0 Å². The summed E-state index contributed by atoms with van der Waals surface area (Å²) in [7, 11) is -3.12. The lowest BCUT2D eigenvalue weighted by atomic mass is 10.1. The van der Waals surface area contributed by atoms with E-state index in [0.717, 1.165) is 18.4 Å². The summed E-state index contributed by atoms with van der Waals surface area (Å²) < 4.78 is 26.1. The average molecular weight is 383 g/mol. The molecule has 1 heterocycles. The maximum atomic E-state index is 12.5. The zero-order chi connectivity index (χ0) is 18.0. The van der Waals surface area contributed by atoms with Gasteiger partial charge in [-0.3, -0.25) is 4.79 Å². The molecule has 5 nitrogen and oxygen atoms in total. The van der Waals surface area contributed by atoms with Crippen LogP contribution < -0.4 is 0 Å². The zero-order valence-electron chi connectivity index (χ0n) is 14.8. The predicted molar refractivity (Wildman–Crippen MR) is 101 cm³/mol. The minimum atomic E-state index is -3.12. The van der Waals surface area contributed by atoms with E-state index in [1.165, 1.54) is 4.90 Å². The Bertz CT molecular complexity index is 704. The van der Waals surface area contributed by atoms with Gasteiger partial charge < -0.3 is 4.90 Å². The second-order valence-corrected chi connectivity index (χ2v) is 10.9. The standard InChI is InChI=1S/C18H26N2O3S2/c1-14(2)24-16-5-3-15(4-6-16)13-18(21)19-9-11-20(12-10-19)25(22,23)17-7-8-17/h3-6,14,17H,7-13H2,1-2H3. The monoisotopic (exact) mass is 382 g/mol. The molecule has 7 heteroatoms. The molecule has 0 aromatic heterocycles. The van der Waals surface area contributed by atoms with Gasteiger partial charge in [-0.25, -0.2) is 8.42 Å². The molecule has 1 aliphatic heterocycles. The van der Waals surface area contributed by atoms with E-state index in [-0.39, 0.29) is 11.2 Å². The molecule has 1 aromatic carbocycles. The number of nitrogens with zero attached hydrogens (tertiary/aromatic N) is 2. The first-order valence-electron chi connectivity index (χ1n) is 8.88. The van der Waals surface area contributed by atoms with Gasteiger partial charge in [0.25, 0.3) is 0 Å². The van der Waals surface area contributed by atoms with Gasteiger partial charge in [0.2, 0.25) is 15.9 Å². The quantitative estimate of drug-likeness (QED) is 0.709. The van der Waals surface area contributed by atoms with Crippen LogP contribution in [0.4, 0.5) is 0 Å². The molecule has 0 radical (unpaired) electrons. The van der Waals surface area contributed by atoms with Crippen LogP contribution in [0.25, 0.3) is 0 Å². The van der Waals surface area contributed by atoms with E-state index in [1.807, 2.05) is 12.1 Å². The molecule has 0 spiro atoms. The minimum Gasteiger partial charge on any atom is -0.340 e. The summed E-state index contributed by atoms with van der Waals surface area (Å²) in [6.45, 7) is 6.15. The normalized spacial score (nSPS) is 19.4. The summed E-state index contributed by atoms with van der Waals surface area (Å²) in [4.78, 5) is 15.5. The SMILES string of the molecule is CC(C)Sc1ccc(CC(=O)N2CCN(S(=O)(=O)C3CC3)CC2)cc1. The van der Waals surface area contributed by atoms with Gasteiger partial charge in [-0.2, -0.15) is 4.31 Å². The Balaban J connectivity index is 1.51. The second kappa shape index (κ2) is 7.68. The van der Waals surface area contributed by atoms with E-state index in [0.29, 0.717) is 37.8 Å². The maximum absolute atomic E-state index is 12.5. The lowest BCUT2D eigenvalue weighted by Crippen LogP contribution is -2.51. The summed E-state index contributed by atoms with van der Waals surface area (Å²) >= 11 is 1.81. The van der Waals surface area contributed by atoms with Crippen molar-refractivity contribution in [3.05, 3.63) is 29.8 Å². The molecule has 1 amide bonds. The molecule has 138 valence electrons. The fourth-order valence-electron chi connectivity index (χ4n) is 3.01.